The first-order chi connectivity index (χ1) is 20.3. The minimum Gasteiger partial charge on any atom is -0.491 e. The summed E-state index contributed by atoms with van der Waals surface area (Å²) in [7, 11) is 3.42. The van der Waals surface area contributed by atoms with Crippen molar-refractivity contribution >= 4 is 40.9 Å². The van der Waals surface area contributed by atoms with Gasteiger partial charge in [0.1, 0.15) is 11.8 Å². The summed E-state index contributed by atoms with van der Waals surface area (Å²) in [5.41, 5.74) is 1.73. The van der Waals surface area contributed by atoms with Gasteiger partial charge in [-0.3, -0.25) is 14.4 Å². The van der Waals surface area contributed by atoms with Crippen LogP contribution in [-0.4, -0.2) is 66.6 Å². The predicted octanol–water partition coefficient (Wildman–Crippen LogP) is 3.12. The van der Waals surface area contributed by atoms with E-state index in [9.17, 15) is 14.4 Å². The number of quaternary nitrogens is 1. The van der Waals surface area contributed by atoms with Crippen molar-refractivity contribution in [3.05, 3.63) is 30.0 Å². The van der Waals surface area contributed by atoms with Gasteiger partial charge in [-0.25, -0.2) is 5.32 Å². The van der Waals surface area contributed by atoms with Crippen LogP contribution in [0.5, 0.6) is 5.75 Å². The predicted molar refractivity (Wildman–Crippen MR) is 156 cm³/mol. The second-order valence-electron chi connectivity index (χ2n) is 12.3. The van der Waals surface area contributed by atoms with Crippen molar-refractivity contribution in [2.24, 2.45) is 5.41 Å². The molecule has 0 atom stereocenters. The number of aromatic nitrogens is 2. The number of anilines is 2. The molecule has 1 aliphatic heterocycles. The van der Waals surface area contributed by atoms with Crippen LogP contribution in [0.1, 0.15) is 81.5 Å². The molecule has 2 heterocycles. The van der Waals surface area contributed by atoms with Gasteiger partial charge in [0.2, 0.25) is 5.91 Å². The molecule has 1 aromatic carbocycles. The number of fused-ring (bicyclic) bond motifs is 1. The Morgan fingerprint density at radius 3 is 2.50 bits per heavy atom. The molecular formula is C31H41N6O5+. The van der Waals surface area contributed by atoms with Crippen molar-refractivity contribution in [2.45, 2.75) is 89.3 Å². The van der Waals surface area contributed by atoms with Crippen molar-refractivity contribution < 1.29 is 29.2 Å². The summed E-state index contributed by atoms with van der Waals surface area (Å²) in [4.78, 5) is 51.4. The van der Waals surface area contributed by atoms with Crippen LogP contribution < -0.4 is 25.2 Å². The molecule has 3 N–H and O–H groups in total. The number of rotatable bonds is 7. The number of methoxy groups -OCH3 is 1. The number of nitrogens with zero attached hydrogens (tertiary/aromatic N) is 4. The molecule has 3 aliphatic carbocycles. The Bertz CT molecular complexity index is 1360. The molecule has 4 aliphatic rings. The van der Waals surface area contributed by atoms with Gasteiger partial charge >= 0.3 is 11.9 Å². The maximum Gasteiger partial charge on any atom is 0.332 e. The van der Waals surface area contributed by atoms with E-state index < -0.39 is 0 Å². The normalized spacial score (nSPS) is 23.4. The highest BCUT2D eigenvalue weighted by Gasteiger charge is 2.55. The van der Waals surface area contributed by atoms with Gasteiger partial charge in [0, 0.05) is 44.2 Å². The number of ether oxygens (including phenoxy) is 2. The third-order valence-electron chi connectivity index (χ3n) is 9.37. The average Bonchev–Trinajstić information content (AvgIpc) is 3.59. The maximum absolute atomic E-state index is 13.3. The fraction of sp³-hybridized carbons (Fsp3) is 0.581. The number of carbonyl (C=O) groups is 3. The average molecular weight is 578 g/mol. The third kappa shape index (κ3) is 5.66. The van der Waals surface area contributed by atoms with Crippen LogP contribution in [0, 0.1) is 5.41 Å². The number of benzene rings is 1. The fourth-order valence-corrected chi connectivity index (χ4v) is 6.81. The summed E-state index contributed by atoms with van der Waals surface area (Å²) >= 11 is 0. The number of hydrogen-bond acceptors (Lipinski definition) is 8. The summed E-state index contributed by atoms with van der Waals surface area (Å²) in [5, 5.41) is 4.98. The van der Waals surface area contributed by atoms with Crippen LogP contribution >= 0.6 is 0 Å². The Morgan fingerprint density at radius 1 is 1.10 bits per heavy atom. The molecule has 2 aromatic rings. The Morgan fingerprint density at radius 2 is 1.83 bits per heavy atom. The Hall–Kier alpha value is -3.73. The van der Waals surface area contributed by atoms with Crippen LogP contribution in [0.3, 0.4) is 0 Å². The third-order valence-corrected chi connectivity index (χ3v) is 9.37. The molecule has 1 aromatic heterocycles. The first kappa shape index (κ1) is 28.4. The molecule has 0 radical (unpaired) electrons. The highest BCUT2D eigenvalue weighted by Crippen LogP contribution is 2.52. The molecular weight excluding hydrogens is 536 g/mol. The smallest absolute Gasteiger partial charge is 0.332 e. The van der Waals surface area contributed by atoms with E-state index in [0.29, 0.717) is 29.8 Å². The molecule has 224 valence electrons. The summed E-state index contributed by atoms with van der Waals surface area (Å²) in [5.74, 6) is 1.65. The zero-order valence-electron chi connectivity index (χ0n) is 24.7. The molecule has 2 amide bonds. The number of nitrogens with two attached hydrogens (primary N) is 1. The first-order valence-electron chi connectivity index (χ1n) is 15.2. The summed E-state index contributed by atoms with van der Waals surface area (Å²) in [6, 6.07) is 5.79. The van der Waals surface area contributed by atoms with Crippen molar-refractivity contribution in [2.75, 3.05) is 30.5 Å². The Labute approximate surface area is 246 Å². The van der Waals surface area contributed by atoms with Gasteiger partial charge in [-0.05, 0) is 63.5 Å². The molecule has 3 saturated carbocycles. The second kappa shape index (κ2) is 11.5. The first-order valence-corrected chi connectivity index (χ1v) is 15.2. The van der Waals surface area contributed by atoms with Crippen molar-refractivity contribution in [3.63, 3.8) is 0 Å². The number of amides is 2. The Kier molecular flexibility index (Phi) is 7.78. The van der Waals surface area contributed by atoms with Crippen LogP contribution in [0.2, 0.25) is 0 Å². The monoisotopic (exact) mass is 577 g/mol. The highest BCUT2D eigenvalue weighted by molar-refractivity contribution is 6.02. The number of nitrogens with one attached hydrogen (secondary N) is 1. The zero-order chi connectivity index (χ0) is 29.4. The largest absolute Gasteiger partial charge is 0.491 e. The van der Waals surface area contributed by atoms with Crippen LogP contribution in [-0.2, 0) is 14.3 Å². The molecule has 0 bridgehead atoms. The summed E-state index contributed by atoms with van der Waals surface area (Å²) < 4.78 is 11.0. The van der Waals surface area contributed by atoms with Crippen LogP contribution in [0.25, 0.3) is 0 Å². The molecule has 3 fully saturated rings. The lowest BCUT2D eigenvalue weighted by Gasteiger charge is -2.31. The Balaban J connectivity index is 1.18. The van der Waals surface area contributed by atoms with E-state index in [2.05, 4.69) is 15.2 Å². The molecule has 6 rings (SSSR count). The van der Waals surface area contributed by atoms with Gasteiger partial charge in [-0.15, -0.1) is 0 Å². The second-order valence-corrected chi connectivity index (χ2v) is 12.3. The molecule has 1 spiro atoms. The lowest BCUT2D eigenvalue weighted by molar-refractivity contribution is -0.488. The van der Waals surface area contributed by atoms with E-state index >= 15 is 0 Å². The summed E-state index contributed by atoms with van der Waals surface area (Å²) in [6.45, 7) is 2.14. The maximum atomic E-state index is 13.3. The van der Waals surface area contributed by atoms with Gasteiger partial charge in [0.05, 0.1) is 18.7 Å². The van der Waals surface area contributed by atoms with Crippen molar-refractivity contribution in [1.82, 2.24) is 15.3 Å². The van der Waals surface area contributed by atoms with Gasteiger partial charge in [0.15, 0.2) is 17.3 Å². The van der Waals surface area contributed by atoms with E-state index in [4.69, 9.17) is 14.5 Å². The standard InChI is InChI=1S/C31H40N6O5/c1-19(38)42-23-11-9-21(10-12-23)33-28(39)20-8-13-24(26(16-20)41-3)34-30-32-17-25-27(35-30)37(22-6-4-5-7-22)18-31(14-15-31)29(40)36(25)2/h8,13,16-17,21-23H,4-7,9-12,14-15,18H2,1-3H3,(H,33,39)(H,32,34,35)/p+1. The molecule has 11 nitrogen and oxygen atoms in total. The van der Waals surface area contributed by atoms with Crippen LogP contribution in [0.4, 0.5) is 23.1 Å². The van der Waals surface area contributed by atoms with E-state index in [1.165, 1.54) is 19.8 Å². The lowest BCUT2D eigenvalue weighted by Crippen LogP contribution is -2.72. The van der Waals surface area contributed by atoms with Gasteiger partial charge in [0.25, 0.3) is 5.91 Å². The van der Waals surface area contributed by atoms with Gasteiger partial charge < -0.3 is 24.6 Å². The molecule has 11 heteroatoms. The quantitative estimate of drug-likeness (QED) is 0.379. The minimum atomic E-state index is -0.302. The van der Waals surface area contributed by atoms with Crippen LogP contribution in [0.15, 0.2) is 24.4 Å². The molecule has 42 heavy (non-hydrogen) atoms. The van der Waals surface area contributed by atoms with Gasteiger partial charge in [-0.1, -0.05) is 12.8 Å². The van der Waals surface area contributed by atoms with E-state index in [1.807, 2.05) is 18.4 Å². The number of carbonyl (C=O) groups excluding carboxylic acids is 3. The topological polar surface area (TPSA) is 131 Å². The molecule has 0 saturated heterocycles. The zero-order valence-corrected chi connectivity index (χ0v) is 24.7. The SMILES string of the molecule is COc1cc(C(=O)NC2CCC(OC(C)=O)CC2)ccc1[NH2+]c1ncc2c(n1)N(C1CCCC1)CC1(CC1)C(=O)N2C. The minimum absolute atomic E-state index is 0.0390. The fourth-order valence-electron chi connectivity index (χ4n) is 6.81. The number of esters is 1. The van der Waals surface area contributed by atoms with Gasteiger partial charge in [-0.2, -0.15) is 9.97 Å². The summed E-state index contributed by atoms with van der Waals surface area (Å²) in [6.07, 6.45) is 11.2. The van der Waals surface area contributed by atoms with E-state index in [-0.39, 0.29) is 35.3 Å². The van der Waals surface area contributed by atoms with Crippen molar-refractivity contribution in [1.29, 1.82) is 0 Å². The highest BCUT2D eigenvalue weighted by atomic mass is 16.5. The lowest BCUT2D eigenvalue weighted by atomic mass is 9.92. The van der Waals surface area contributed by atoms with E-state index in [0.717, 1.165) is 68.6 Å². The molecule has 0 unspecified atom stereocenters. The number of hydrogen-bond donors (Lipinski definition) is 2. The van der Waals surface area contributed by atoms with Crippen molar-refractivity contribution in [3.8, 4) is 5.75 Å². The van der Waals surface area contributed by atoms with E-state index in [1.54, 1.807) is 30.3 Å².